The molecule has 0 fully saturated rings. The molecule has 0 bridgehead atoms. The van der Waals surface area contributed by atoms with Gasteiger partial charge in [-0.2, -0.15) is 24.9 Å². The third-order valence-electron chi connectivity index (χ3n) is 2.54. The molecule has 1 heterocycles. The number of anilines is 1. The number of hydrogen-bond acceptors (Lipinski definition) is 4. The molecule has 108 valence electrons. The van der Waals surface area contributed by atoms with E-state index in [-0.39, 0.29) is 0 Å². The fourth-order valence-corrected chi connectivity index (χ4v) is 2.01. The van der Waals surface area contributed by atoms with E-state index >= 15 is 0 Å². The smallest absolute Gasteiger partial charge is 0.369 e. The number of nitrogens with zero attached hydrogens (tertiary/aromatic N) is 2. The van der Waals surface area contributed by atoms with E-state index in [1.807, 2.05) is 11.8 Å². The van der Waals surface area contributed by atoms with Gasteiger partial charge in [-0.3, -0.25) is 0 Å². The Balaban J connectivity index is 2.20. The Kier molecular flexibility index (Phi) is 6.97. The number of thioether (sulfide) groups is 1. The number of halogens is 3. The summed E-state index contributed by atoms with van der Waals surface area (Å²) in [6.45, 7) is 0.708. The average Bonchev–Trinajstić information content (AvgIpc) is 2.37. The zero-order valence-electron chi connectivity index (χ0n) is 10.8. The van der Waals surface area contributed by atoms with Crippen LogP contribution in [0.5, 0.6) is 0 Å². The van der Waals surface area contributed by atoms with Gasteiger partial charge >= 0.3 is 6.18 Å². The van der Waals surface area contributed by atoms with Crippen LogP contribution < -0.4 is 5.32 Å². The second kappa shape index (κ2) is 8.24. The molecule has 0 aliphatic rings. The van der Waals surface area contributed by atoms with Gasteiger partial charge in [0.2, 0.25) is 0 Å². The Labute approximate surface area is 115 Å². The van der Waals surface area contributed by atoms with E-state index in [9.17, 15) is 13.2 Å². The summed E-state index contributed by atoms with van der Waals surface area (Å²) in [7, 11) is 0. The molecule has 0 aliphatic heterocycles. The number of rotatable bonds is 8. The zero-order valence-corrected chi connectivity index (χ0v) is 11.7. The van der Waals surface area contributed by atoms with E-state index in [0.717, 1.165) is 18.9 Å². The largest absolute Gasteiger partial charge is 0.435 e. The van der Waals surface area contributed by atoms with E-state index in [1.165, 1.54) is 24.7 Å². The quantitative estimate of drug-likeness (QED) is 0.739. The third kappa shape index (κ3) is 6.66. The van der Waals surface area contributed by atoms with Crippen LogP contribution in [0.15, 0.2) is 12.1 Å². The Morgan fingerprint density at radius 1 is 1.11 bits per heavy atom. The first kappa shape index (κ1) is 16.1. The van der Waals surface area contributed by atoms with E-state index in [1.54, 1.807) is 0 Å². The molecule has 1 aromatic heterocycles. The van der Waals surface area contributed by atoms with E-state index in [4.69, 9.17) is 0 Å². The second-order valence-corrected chi connectivity index (χ2v) is 5.12. The number of nitrogens with one attached hydrogen (secondary N) is 1. The average molecular weight is 293 g/mol. The highest BCUT2D eigenvalue weighted by molar-refractivity contribution is 7.98. The van der Waals surface area contributed by atoms with Crippen molar-refractivity contribution in [3.63, 3.8) is 0 Å². The van der Waals surface area contributed by atoms with Crippen LogP contribution in [0, 0.1) is 0 Å². The summed E-state index contributed by atoms with van der Waals surface area (Å²) in [5.41, 5.74) is -0.963. The molecule has 0 saturated carbocycles. The summed E-state index contributed by atoms with van der Waals surface area (Å²) in [5, 5.41) is 9.63. The maximum Gasteiger partial charge on any atom is 0.435 e. The van der Waals surface area contributed by atoms with Crippen molar-refractivity contribution in [3.05, 3.63) is 17.8 Å². The van der Waals surface area contributed by atoms with Crippen molar-refractivity contribution in [1.82, 2.24) is 10.2 Å². The summed E-state index contributed by atoms with van der Waals surface area (Å²) in [5.74, 6) is 1.56. The molecule has 0 radical (unpaired) electrons. The predicted molar refractivity (Wildman–Crippen MR) is 72.4 cm³/mol. The lowest BCUT2D eigenvalue weighted by atomic mass is 10.2. The van der Waals surface area contributed by atoms with Crippen molar-refractivity contribution in [2.75, 3.05) is 23.9 Å². The van der Waals surface area contributed by atoms with Gasteiger partial charge in [-0.25, -0.2) is 0 Å². The molecule has 0 atom stereocenters. The summed E-state index contributed by atoms with van der Waals surface area (Å²) in [6.07, 6.45) is 2.15. The number of aromatic nitrogens is 2. The van der Waals surface area contributed by atoms with Gasteiger partial charge in [0.1, 0.15) is 5.82 Å². The molecule has 1 N–H and O–H groups in total. The standard InChI is InChI=1S/C12H18F3N3S/c1-19-9-5-3-2-4-8-16-11-7-6-10(17-18-11)12(13,14)15/h6-7H,2-5,8-9H2,1H3,(H,16,18). The SMILES string of the molecule is CSCCCCCCNc1ccc(C(F)(F)F)nn1. The van der Waals surface area contributed by atoms with Gasteiger partial charge in [-0.05, 0) is 37.0 Å². The fraction of sp³-hybridized carbons (Fsp3) is 0.667. The molecule has 0 aromatic carbocycles. The van der Waals surface area contributed by atoms with Crippen LogP contribution in [0.2, 0.25) is 0 Å². The van der Waals surface area contributed by atoms with Crippen LogP contribution in [0.1, 0.15) is 31.4 Å². The molecule has 0 amide bonds. The molecule has 19 heavy (non-hydrogen) atoms. The molecule has 3 nitrogen and oxygen atoms in total. The number of alkyl halides is 3. The molecule has 1 aromatic rings. The van der Waals surface area contributed by atoms with Crippen molar-refractivity contribution in [1.29, 1.82) is 0 Å². The highest BCUT2D eigenvalue weighted by atomic mass is 32.2. The summed E-state index contributed by atoms with van der Waals surface area (Å²) < 4.78 is 36.7. The van der Waals surface area contributed by atoms with Crippen molar-refractivity contribution < 1.29 is 13.2 Å². The van der Waals surface area contributed by atoms with Crippen LogP contribution >= 0.6 is 11.8 Å². The van der Waals surface area contributed by atoms with E-state index in [0.29, 0.717) is 12.4 Å². The van der Waals surface area contributed by atoms with E-state index in [2.05, 4.69) is 21.8 Å². The minimum Gasteiger partial charge on any atom is -0.369 e. The molecule has 7 heteroatoms. The molecule has 0 saturated heterocycles. The maximum absolute atomic E-state index is 12.2. The van der Waals surface area contributed by atoms with E-state index < -0.39 is 11.9 Å². The lowest BCUT2D eigenvalue weighted by Crippen LogP contribution is -2.11. The Morgan fingerprint density at radius 3 is 2.42 bits per heavy atom. The van der Waals surface area contributed by atoms with Gasteiger partial charge in [-0.1, -0.05) is 12.8 Å². The summed E-state index contributed by atoms with van der Waals surface area (Å²) in [4.78, 5) is 0. The van der Waals surface area contributed by atoms with Gasteiger partial charge in [0.25, 0.3) is 0 Å². The first-order valence-corrected chi connectivity index (χ1v) is 7.57. The van der Waals surface area contributed by atoms with Crippen LogP contribution in [0.3, 0.4) is 0 Å². The van der Waals surface area contributed by atoms with Gasteiger partial charge in [-0.15, -0.1) is 10.2 Å². The Morgan fingerprint density at radius 2 is 1.84 bits per heavy atom. The number of hydrogen-bond donors (Lipinski definition) is 1. The zero-order chi connectivity index (χ0) is 14.1. The van der Waals surface area contributed by atoms with Crippen molar-refractivity contribution in [3.8, 4) is 0 Å². The number of unbranched alkanes of at least 4 members (excludes halogenated alkanes) is 3. The third-order valence-corrected chi connectivity index (χ3v) is 3.23. The van der Waals surface area contributed by atoms with Crippen LogP contribution in [-0.4, -0.2) is 28.8 Å². The minimum atomic E-state index is -4.43. The topological polar surface area (TPSA) is 37.8 Å². The fourth-order valence-electron chi connectivity index (χ4n) is 1.52. The molecular formula is C12H18F3N3S. The highest BCUT2D eigenvalue weighted by Crippen LogP contribution is 2.26. The molecule has 0 spiro atoms. The first-order chi connectivity index (χ1) is 9.04. The van der Waals surface area contributed by atoms with Gasteiger partial charge < -0.3 is 5.32 Å². The van der Waals surface area contributed by atoms with Crippen molar-refractivity contribution >= 4 is 17.6 Å². The second-order valence-electron chi connectivity index (χ2n) is 4.14. The van der Waals surface area contributed by atoms with Gasteiger partial charge in [0.05, 0.1) is 0 Å². The molecule has 0 aliphatic carbocycles. The maximum atomic E-state index is 12.2. The minimum absolute atomic E-state index is 0.386. The van der Waals surface area contributed by atoms with Gasteiger partial charge in [0.15, 0.2) is 5.69 Å². The van der Waals surface area contributed by atoms with Crippen LogP contribution in [0.4, 0.5) is 19.0 Å². The lowest BCUT2D eigenvalue weighted by Gasteiger charge is -2.07. The molecular weight excluding hydrogens is 275 g/mol. The van der Waals surface area contributed by atoms with Gasteiger partial charge in [0, 0.05) is 6.54 Å². The summed E-state index contributed by atoms with van der Waals surface area (Å²) >= 11 is 1.84. The molecule has 0 unspecified atom stereocenters. The van der Waals surface area contributed by atoms with Crippen molar-refractivity contribution in [2.24, 2.45) is 0 Å². The monoisotopic (exact) mass is 293 g/mol. The highest BCUT2D eigenvalue weighted by Gasteiger charge is 2.32. The molecule has 1 rings (SSSR count). The lowest BCUT2D eigenvalue weighted by molar-refractivity contribution is -0.141. The normalized spacial score (nSPS) is 11.6. The Hall–Kier alpha value is -0.980. The van der Waals surface area contributed by atoms with Crippen molar-refractivity contribution in [2.45, 2.75) is 31.9 Å². The first-order valence-electron chi connectivity index (χ1n) is 6.18. The Bertz CT molecular complexity index is 354. The van der Waals surface area contributed by atoms with Crippen LogP contribution in [-0.2, 0) is 6.18 Å². The van der Waals surface area contributed by atoms with Crippen LogP contribution in [0.25, 0.3) is 0 Å². The predicted octanol–water partition coefficient (Wildman–Crippen LogP) is 3.83. The summed E-state index contributed by atoms with van der Waals surface area (Å²) in [6, 6.07) is 2.25.